The molecular formula is C17H22BrN3O2. The molecule has 23 heavy (non-hydrogen) atoms. The number of hydrogen-bond donors (Lipinski definition) is 1. The zero-order valence-corrected chi connectivity index (χ0v) is 15.3. The van der Waals surface area contributed by atoms with Gasteiger partial charge in [0.15, 0.2) is 0 Å². The number of ether oxygens (including phenoxy) is 1. The van der Waals surface area contributed by atoms with Gasteiger partial charge in [0.05, 0.1) is 11.3 Å². The summed E-state index contributed by atoms with van der Waals surface area (Å²) < 4.78 is 6.34. The van der Waals surface area contributed by atoms with Gasteiger partial charge in [-0.1, -0.05) is 15.9 Å². The van der Waals surface area contributed by atoms with Gasteiger partial charge in [0.1, 0.15) is 11.7 Å². The smallest absolute Gasteiger partial charge is 0.410 e. The predicted molar refractivity (Wildman–Crippen MR) is 93.3 cm³/mol. The minimum absolute atomic E-state index is 0.245. The van der Waals surface area contributed by atoms with E-state index in [9.17, 15) is 10.1 Å². The fraction of sp³-hybridized carbons (Fsp3) is 0.529. The number of nitriles is 1. The van der Waals surface area contributed by atoms with Crippen LogP contribution in [0.15, 0.2) is 22.7 Å². The molecule has 0 radical (unpaired) electrons. The maximum absolute atomic E-state index is 12.1. The summed E-state index contributed by atoms with van der Waals surface area (Å²) in [6.45, 7) is 6.92. The van der Waals surface area contributed by atoms with E-state index in [0.717, 1.165) is 23.0 Å². The van der Waals surface area contributed by atoms with Gasteiger partial charge in [0.2, 0.25) is 0 Å². The summed E-state index contributed by atoms with van der Waals surface area (Å²) in [7, 11) is 0. The number of rotatable bonds is 2. The summed E-state index contributed by atoms with van der Waals surface area (Å²) in [5.74, 6) is 0. The number of carbonyl (C=O) groups excluding carboxylic acids is 1. The first-order valence-corrected chi connectivity index (χ1v) is 8.52. The molecule has 0 saturated carbocycles. The number of anilines is 1. The molecule has 1 amide bonds. The van der Waals surface area contributed by atoms with Crippen LogP contribution in [0.2, 0.25) is 0 Å². The number of hydrogen-bond acceptors (Lipinski definition) is 4. The van der Waals surface area contributed by atoms with Crippen molar-refractivity contribution in [1.29, 1.82) is 5.26 Å². The molecule has 0 atom stereocenters. The Hall–Kier alpha value is -1.74. The van der Waals surface area contributed by atoms with Gasteiger partial charge in [-0.15, -0.1) is 0 Å². The van der Waals surface area contributed by atoms with Crippen LogP contribution in [-0.2, 0) is 4.74 Å². The van der Waals surface area contributed by atoms with Crippen molar-refractivity contribution in [1.82, 2.24) is 4.90 Å². The molecular weight excluding hydrogens is 358 g/mol. The van der Waals surface area contributed by atoms with Crippen LogP contribution in [0.1, 0.15) is 39.2 Å². The van der Waals surface area contributed by atoms with Gasteiger partial charge in [-0.25, -0.2) is 4.79 Å². The van der Waals surface area contributed by atoms with Gasteiger partial charge in [-0.05, 0) is 51.8 Å². The molecule has 0 bridgehead atoms. The molecule has 0 unspecified atom stereocenters. The van der Waals surface area contributed by atoms with E-state index in [4.69, 9.17) is 4.74 Å². The second kappa shape index (κ2) is 7.22. The Morgan fingerprint density at radius 2 is 2.04 bits per heavy atom. The van der Waals surface area contributed by atoms with Crippen LogP contribution in [0.3, 0.4) is 0 Å². The van der Waals surface area contributed by atoms with Crippen LogP contribution in [-0.4, -0.2) is 35.7 Å². The van der Waals surface area contributed by atoms with Crippen LogP contribution in [0.5, 0.6) is 0 Å². The lowest BCUT2D eigenvalue weighted by atomic mass is 10.0. The molecule has 1 aromatic rings. The fourth-order valence-corrected chi connectivity index (χ4v) is 2.85. The number of piperidine rings is 1. The van der Waals surface area contributed by atoms with Gasteiger partial charge >= 0.3 is 6.09 Å². The topological polar surface area (TPSA) is 65.4 Å². The fourth-order valence-electron chi connectivity index (χ4n) is 2.49. The molecule has 0 aliphatic carbocycles. The van der Waals surface area contributed by atoms with Crippen molar-refractivity contribution in [3.63, 3.8) is 0 Å². The third-order valence-electron chi connectivity index (χ3n) is 3.61. The minimum atomic E-state index is -0.468. The number of nitrogens with zero attached hydrogens (tertiary/aromatic N) is 2. The van der Waals surface area contributed by atoms with Crippen molar-refractivity contribution in [3.05, 3.63) is 28.2 Å². The third-order valence-corrected chi connectivity index (χ3v) is 4.10. The highest BCUT2D eigenvalue weighted by Gasteiger charge is 2.27. The summed E-state index contributed by atoms with van der Waals surface area (Å²) >= 11 is 3.43. The van der Waals surface area contributed by atoms with E-state index in [-0.39, 0.29) is 12.1 Å². The SMILES string of the molecule is CC(C)(C)OC(=O)N1CCC(Nc2cc(Br)ccc2C#N)CC1. The first-order chi connectivity index (χ1) is 10.8. The van der Waals surface area contributed by atoms with Crippen molar-refractivity contribution in [2.75, 3.05) is 18.4 Å². The summed E-state index contributed by atoms with van der Waals surface area (Å²) in [5.41, 5.74) is 0.991. The maximum atomic E-state index is 12.1. The Kier molecular flexibility index (Phi) is 5.53. The van der Waals surface area contributed by atoms with E-state index in [1.807, 2.05) is 32.9 Å². The molecule has 124 valence electrons. The minimum Gasteiger partial charge on any atom is -0.444 e. The molecule has 1 aromatic carbocycles. The zero-order valence-electron chi connectivity index (χ0n) is 13.7. The average Bonchev–Trinajstić information content (AvgIpc) is 2.46. The second-order valence-corrected chi connectivity index (χ2v) is 7.60. The van der Waals surface area contributed by atoms with Crippen LogP contribution in [0.4, 0.5) is 10.5 Å². The lowest BCUT2D eigenvalue weighted by Crippen LogP contribution is -2.44. The van der Waals surface area contributed by atoms with Crippen molar-refractivity contribution >= 4 is 27.7 Å². The molecule has 0 aromatic heterocycles. The number of amides is 1. The van der Waals surface area contributed by atoms with Gasteiger partial charge < -0.3 is 15.0 Å². The molecule has 1 aliphatic rings. The number of halogens is 1. The van der Waals surface area contributed by atoms with Crippen LogP contribution >= 0.6 is 15.9 Å². The number of carbonyl (C=O) groups is 1. The van der Waals surface area contributed by atoms with E-state index in [0.29, 0.717) is 18.7 Å². The number of benzene rings is 1. The molecule has 1 saturated heterocycles. The molecule has 0 spiro atoms. The highest BCUT2D eigenvalue weighted by molar-refractivity contribution is 9.10. The van der Waals surface area contributed by atoms with E-state index in [1.165, 1.54) is 0 Å². The number of nitrogens with one attached hydrogen (secondary N) is 1. The van der Waals surface area contributed by atoms with E-state index >= 15 is 0 Å². The molecule has 1 N–H and O–H groups in total. The second-order valence-electron chi connectivity index (χ2n) is 6.69. The Balaban J connectivity index is 1.92. The normalized spacial score (nSPS) is 15.9. The standard InChI is InChI=1S/C17H22BrN3O2/c1-17(2,3)23-16(22)21-8-6-14(7-9-21)20-15-10-13(18)5-4-12(15)11-19/h4-5,10,14,20H,6-9H2,1-3H3. The molecule has 1 fully saturated rings. The Bertz CT molecular complexity index is 611. The van der Waals surface area contributed by atoms with E-state index in [1.54, 1.807) is 11.0 Å². The van der Waals surface area contributed by atoms with Crippen molar-refractivity contribution in [2.24, 2.45) is 0 Å². The lowest BCUT2D eigenvalue weighted by molar-refractivity contribution is 0.0210. The molecule has 2 rings (SSSR count). The predicted octanol–water partition coefficient (Wildman–Crippen LogP) is 4.13. The number of likely N-dealkylation sites (tertiary alicyclic amines) is 1. The maximum Gasteiger partial charge on any atom is 0.410 e. The van der Waals surface area contributed by atoms with Crippen molar-refractivity contribution in [3.8, 4) is 6.07 Å². The Labute approximate surface area is 145 Å². The van der Waals surface area contributed by atoms with Gasteiger partial charge in [-0.2, -0.15) is 5.26 Å². The van der Waals surface area contributed by atoms with Crippen molar-refractivity contribution in [2.45, 2.75) is 45.3 Å². The van der Waals surface area contributed by atoms with Crippen LogP contribution in [0, 0.1) is 11.3 Å². The Morgan fingerprint density at radius 3 is 2.61 bits per heavy atom. The summed E-state index contributed by atoms with van der Waals surface area (Å²) in [4.78, 5) is 13.8. The Morgan fingerprint density at radius 1 is 1.39 bits per heavy atom. The van der Waals surface area contributed by atoms with Crippen LogP contribution < -0.4 is 5.32 Å². The van der Waals surface area contributed by atoms with E-state index in [2.05, 4.69) is 27.3 Å². The zero-order chi connectivity index (χ0) is 17.0. The summed E-state index contributed by atoms with van der Waals surface area (Å²) in [6.07, 6.45) is 1.41. The highest BCUT2D eigenvalue weighted by Crippen LogP contribution is 2.24. The highest BCUT2D eigenvalue weighted by atomic mass is 79.9. The lowest BCUT2D eigenvalue weighted by Gasteiger charge is -2.34. The molecule has 6 heteroatoms. The monoisotopic (exact) mass is 379 g/mol. The van der Waals surface area contributed by atoms with Gasteiger partial charge in [0, 0.05) is 23.6 Å². The molecule has 1 heterocycles. The van der Waals surface area contributed by atoms with E-state index < -0.39 is 5.60 Å². The van der Waals surface area contributed by atoms with Crippen molar-refractivity contribution < 1.29 is 9.53 Å². The summed E-state index contributed by atoms with van der Waals surface area (Å²) in [5, 5.41) is 12.6. The third kappa shape index (κ3) is 5.14. The first kappa shape index (κ1) is 17.6. The first-order valence-electron chi connectivity index (χ1n) is 7.72. The average molecular weight is 380 g/mol. The van der Waals surface area contributed by atoms with Crippen LogP contribution in [0.25, 0.3) is 0 Å². The summed E-state index contributed by atoms with van der Waals surface area (Å²) in [6, 6.07) is 8.01. The molecule has 1 aliphatic heterocycles. The largest absolute Gasteiger partial charge is 0.444 e. The quantitative estimate of drug-likeness (QED) is 0.838. The van der Waals surface area contributed by atoms with Gasteiger partial charge in [0.25, 0.3) is 0 Å². The van der Waals surface area contributed by atoms with Gasteiger partial charge in [-0.3, -0.25) is 0 Å². The molecule has 5 nitrogen and oxygen atoms in total.